The molecule has 9 aromatic rings. The molecule has 1 atom stereocenters. The van der Waals surface area contributed by atoms with Crippen LogP contribution < -0.4 is 0 Å². The number of benzene rings is 8. The van der Waals surface area contributed by atoms with E-state index in [2.05, 4.69) is 140 Å². The lowest BCUT2D eigenvalue weighted by Crippen LogP contribution is -2.25. The molecule has 58 heavy (non-hydrogen) atoms. The SMILES string of the molecule is C=CCc1ccc2c(c1)-c1ccccc1C21c2ccccc2-c2ccc(-c3cccc(-c4cccc(-c5nc(-c6ccccc6)nc(-c6ccccc6)n5)c4)c3)cc21. The average Bonchev–Trinajstić information content (AvgIpc) is 3.76. The zero-order chi connectivity index (χ0) is 38.6. The molecule has 1 aromatic heterocycles. The van der Waals surface area contributed by atoms with E-state index in [-0.39, 0.29) is 0 Å². The molecule has 272 valence electrons. The number of nitrogens with zero attached hydrogens (tertiary/aromatic N) is 3. The van der Waals surface area contributed by atoms with Crippen molar-refractivity contribution in [2.24, 2.45) is 0 Å². The van der Waals surface area contributed by atoms with Gasteiger partial charge in [0.15, 0.2) is 17.5 Å². The van der Waals surface area contributed by atoms with Gasteiger partial charge < -0.3 is 0 Å². The van der Waals surface area contributed by atoms with Gasteiger partial charge in [-0.2, -0.15) is 0 Å². The number of aromatic nitrogens is 3. The third kappa shape index (κ3) is 5.32. The van der Waals surface area contributed by atoms with Crippen LogP contribution in [0.4, 0.5) is 0 Å². The third-order valence-corrected chi connectivity index (χ3v) is 11.9. The quantitative estimate of drug-likeness (QED) is 0.153. The molecule has 0 amide bonds. The van der Waals surface area contributed by atoms with Crippen molar-refractivity contribution in [3.8, 4) is 78.7 Å². The molecule has 2 aliphatic carbocycles. The summed E-state index contributed by atoms with van der Waals surface area (Å²) in [6.07, 6.45) is 2.84. The molecule has 1 unspecified atom stereocenters. The first-order valence-electron chi connectivity index (χ1n) is 19.9. The Morgan fingerprint density at radius 2 is 0.793 bits per heavy atom. The molecule has 0 bridgehead atoms. The van der Waals surface area contributed by atoms with Crippen LogP contribution in [0.3, 0.4) is 0 Å². The van der Waals surface area contributed by atoms with Crippen LogP contribution in [0.1, 0.15) is 27.8 Å². The third-order valence-electron chi connectivity index (χ3n) is 11.9. The topological polar surface area (TPSA) is 38.7 Å². The second-order valence-corrected chi connectivity index (χ2v) is 15.2. The molecule has 0 fully saturated rings. The molecule has 0 saturated heterocycles. The van der Waals surface area contributed by atoms with Gasteiger partial charge in [-0.15, -0.1) is 6.58 Å². The van der Waals surface area contributed by atoms with Gasteiger partial charge in [0.2, 0.25) is 0 Å². The van der Waals surface area contributed by atoms with Crippen molar-refractivity contribution in [2.45, 2.75) is 11.8 Å². The van der Waals surface area contributed by atoms with Crippen LogP contribution in [0.2, 0.25) is 0 Å². The Morgan fingerprint density at radius 1 is 0.345 bits per heavy atom. The van der Waals surface area contributed by atoms with Crippen molar-refractivity contribution < 1.29 is 0 Å². The molecule has 0 aliphatic heterocycles. The van der Waals surface area contributed by atoms with Gasteiger partial charge in [-0.1, -0.05) is 182 Å². The number of hydrogen-bond acceptors (Lipinski definition) is 3. The Labute approximate surface area is 338 Å². The van der Waals surface area contributed by atoms with Crippen molar-refractivity contribution in [3.05, 3.63) is 235 Å². The molecule has 0 N–H and O–H groups in total. The Hall–Kier alpha value is -7.49. The Bertz CT molecular complexity index is 3000. The first-order chi connectivity index (χ1) is 28.7. The maximum Gasteiger partial charge on any atom is 0.164 e. The minimum atomic E-state index is -0.408. The van der Waals surface area contributed by atoms with Crippen LogP contribution in [0.25, 0.3) is 78.7 Å². The Balaban J connectivity index is 1.02. The summed E-state index contributed by atoms with van der Waals surface area (Å²) in [6.45, 7) is 4.03. The molecule has 0 radical (unpaired) electrons. The molecular weight excluding hydrogens is 703 g/mol. The van der Waals surface area contributed by atoms with Crippen LogP contribution in [-0.2, 0) is 11.8 Å². The Morgan fingerprint density at radius 3 is 1.40 bits per heavy atom. The molecule has 1 heterocycles. The fourth-order valence-corrected chi connectivity index (χ4v) is 9.32. The predicted octanol–water partition coefficient (Wildman–Crippen LogP) is 13.3. The van der Waals surface area contributed by atoms with Gasteiger partial charge in [0, 0.05) is 16.7 Å². The van der Waals surface area contributed by atoms with Crippen molar-refractivity contribution in [3.63, 3.8) is 0 Å². The zero-order valence-electron chi connectivity index (χ0n) is 31.8. The number of fused-ring (bicyclic) bond motifs is 10. The molecule has 2 aliphatic rings. The second kappa shape index (κ2) is 13.6. The van der Waals surface area contributed by atoms with Gasteiger partial charge in [0.05, 0.1) is 5.41 Å². The zero-order valence-corrected chi connectivity index (χ0v) is 31.8. The minimum absolute atomic E-state index is 0.408. The maximum absolute atomic E-state index is 5.00. The highest BCUT2D eigenvalue weighted by molar-refractivity contribution is 5.96. The van der Waals surface area contributed by atoms with Gasteiger partial charge >= 0.3 is 0 Å². The first kappa shape index (κ1) is 33.8. The standard InChI is InChI=1S/C55H37N3/c1-2-15-36-28-31-50-47(32-36)45-25-10-12-27-49(45)55(50)48-26-11-9-24-44(48)46-30-29-42(35-51(46)55)40-21-13-20-39(33-40)41-22-14-23-43(34-41)54-57-52(37-16-5-3-6-17-37)56-53(58-54)38-18-7-4-8-19-38/h2-14,16-35H,1,15H2. The van der Waals surface area contributed by atoms with Crippen molar-refractivity contribution >= 4 is 0 Å². The summed E-state index contributed by atoms with van der Waals surface area (Å²) < 4.78 is 0. The van der Waals surface area contributed by atoms with Gasteiger partial charge in [-0.05, 0) is 96.9 Å². The van der Waals surface area contributed by atoms with E-state index in [1.165, 1.54) is 61.2 Å². The van der Waals surface area contributed by atoms with E-state index in [1.54, 1.807) is 0 Å². The fourth-order valence-electron chi connectivity index (χ4n) is 9.32. The van der Waals surface area contributed by atoms with Crippen molar-refractivity contribution in [1.82, 2.24) is 15.0 Å². The minimum Gasteiger partial charge on any atom is -0.208 e. The number of allylic oxidation sites excluding steroid dienone is 1. The highest BCUT2D eigenvalue weighted by Gasteiger charge is 2.51. The molecule has 11 rings (SSSR count). The Kier molecular flexibility index (Phi) is 7.94. The van der Waals surface area contributed by atoms with Crippen LogP contribution in [0, 0.1) is 0 Å². The van der Waals surface area contributed by atoms with E-state index >= 15 is 0 Å². The second-order valence-electron chi connectivity index (χ2n) is 15.2. The largest absolute Gasteiger partial charge is 0.208 e. The van der Waals surface area contributed by atoms with Crippen LogP contribution in [0.15, 0.2) is 207 Å². The van der Waals surface area contributed by atoms with E-state index in [0.717, 1.165) is 34.2 Å². The highest BCUT2D eigenvalue weighted by Crippen LogP contribution is 2.63. The maximum atomic E-state index is 5.00. The summed E-state index contributed by atoms with van der Waals surface area (Å²) in [5.74, 6) is 1.94. The summed E-state index contributed by atoms with van der Waals surface area (Å²) in [7, 11) is 0. The smallest absolute Gasteiger partial charge is 0.164 e. The number of rotatable bonds is 7. The molecule has 1 spiro atoms. The van der Waals surface area contributed by atoms with Crippen molar-refractivity contribution in [1.29, 1.82) is 0 Å². The summed E-state index contributed by atoms with van der Waals surface area (Å²) in [5.41, 5.74) is 18.9. The van der Waals surface area contributed by atoms with Crippen LogP contribution in [0.5, 0.6) is 0 Å². The summed E-state index contributed by atoms with van der Waals surface area (Å²) in [6, 6.07) is 69.8. The molecule has 3 heteroatoms. The predicted molar refractivity (Wildman–Crippen MR) is 237 cm³/mol. The first-order valence-corrected chi connectivity index (χ1v) is 19.9. The normalized spacial score (nSPS) is 14.4. The van der Waals surface area contributed by atoms with Crippen molar-refractivity contribution in [2.75, 3.05) is 0 Å². The van der Waals surface area contributed by atoms with Crippen LogP contribution in [-0.4, -0.2) is 15.0 Å². The molecule has 0 saturated carbocycles. The molecule has 3 nitrogen and oxygen atoms in total. The van der Waals surface area contributed by atoms with Gasteiger partial charge in [-0.25, -0.2) is 15.0 Å². The summed E-state index contributed by atoms with van der Waals surface area (Å²) in [4.78, 5) is 14.9. The lowest BCUT2D eigenvalue weighted by molar-refractivity contribution is 0.793. The lowest BCUT2D eigenvalue weighted by Gasteiger charge is -2.30. The van der Waals surface area contributed by atoms with E-state index in [0.29, 0.717) is 17.5 Å². The van der Waals surface area contributed by atoms with Gasteiger partial charge in [0.1, 0.15) is 0 Å². The van der Waals surface area contributed by atoms with Gasteiger partial charge in [-0.3, -0.25) is 0 Å². The summed E-state index contributed by atoms with van der Waals surface area (Å²) >= 11 is 0. The molecular formula is C55H37N3. The molecule has 8 aromatic carbocycles. The van der Waals surface area contributed by atoms with E-state index < -0.39 is 5.41 Å². The van der Waals surface area contributed by atoms with E-state index in [9.17, 15) is 0 Å². The summed E-state index contributed by atoms with van der Waals surface area (Å²) in [5, 5.41) is 0. The average molecular weight is 740 g/mol. The fraction of sp³-hybridized carbons (Fsp3) is 0.0364. The van der Waals surface area contributed by atoms with E-state index in [4.69, 9.17) is 15.0 Å². The van der Waals surface area contributed by atoms with Crippen LogP contribution >= 0.6 is 0 Å². The monoisotopic (exact) mass is 739 g/mol. The number of hydrogen-bond donors (Lipinski definition) is 0. The van der Waals surface area contributed by atoms with Gasteiger partial charge in [0.25, 0.3) is 0 Å². The van der Waals surface area contributed by atoms with E-state index in [1.807, 2.05) is 66.7 Å². The lowest BCUT2D eigenvalue weighted by atomic mass is 9.70. The highest BCUT2D eigenvalue weighted by atomic mass is 15.0.